The maximum absolute atomic E-state index is 5.51. The number of aliphatic imine (C=N–C) groups is 1. The summed E-state index contributed by atoms with van der Waals surface area (Å²) in [5, 5.41) is 0. The molecule has 0 saturated heterocycles. The molecule has 0 unspecified atom stereocenters. The summed E-state index contributed by atoms with van der Waals surface area (Å²) in [6, 6.07) is 8.14. The summed E-state index contributed by atoms with van der Waals surface area (Å²) >= 11 is 0. The molecular weight excluding hydrogens is 230 g/mol. The number of hydrogen-bond acceptors (Lipinski definition) is 1. The van der Waals surface area contributed by atoms with E-state index < -0.39 is 0 Å². The Morgan fingerprint density at radius 3 is 2.58 bits per heavy atom. The molecule has 0 aliphatic heterocycles. The minimum absolute atomic E-state index is 0.962. The highest BCUT2D eigenvalue weighted by molar-refractivity contribution is 5.76. The van der Waals surface area contributed by atoms with E-state index in [1.54, 1.807) is 6.21 Å². The van der Waals surface area contributed by atoms with Crippen molar-refractivity contribution in [3.8, 4) is 12.3 Å². The van der Waals surface area contributed by atoms with E-state index in [4.69, 9.17) is 6.42 Å². The van der Waals surface area contributed by atoms with Gasteiger partial charge in [-0.15, -0.1) is 6.42 Å². The molecule has 0 aromatic heterocycles. The molecule has 0 atom stereocenters. The molecule has 0 bridgehead atoms. The van der Waals surface area contributed by atoms with Crippen molar-refractivity contribution in [2.45, 2.75) is 46.0 Å². The smallest absolute Gasteiger partial charge is 0.0629 e. The summed E-state index contributed by atoms with van der Waals surface area (Å²) in [7, 11) is 0. The number of aryl methyl sites for hydroxylation is 1. The van der Waals surface area contributed by atoms with E-state index in [0.717, 1.165) is 17.7 Å². The molecule has 100 valence electrons. The zero-order valence-corrected chi connectivity index (χ0v) is 12.0. The second kappa shape index (κ2) is 9.16. The lowest BCUT2D eigenvalue weighted by Crippen LogP contribution is -1.82. The van der Waals surface area contributed by atoms with Crippen molar-refractivity contribution in [3.63, 3.8) is 0 Å². The zero-order valence-electron chi connectivity index (χ0n) is 12.0. The van der Waals surface area contributed by atoms with Gasteiger partial charge in [0.15, 0.2) is 0 Å². The maximum atomic E-state index is 5.51. The van der Waals surface area contributed by atoms with Crippen LogP contribution in [0.15, 0.2) is 40.9 Å². The first-order chi connectivity index (χ1) is 9.26. The Balaban J connectivity index is 2.48. The van der Waals surface area contributed by atoms with E-state index in [9.17, 15) is 0 Å². The Labute approximate surface area is 117 Å². The molecule has 1 aromatic carbocycles. The zero-order chi connectivity index (χ0) is 13.9. The lowest BCUT2D eigenvalue weighted by atomic mass is 10.1. The van der Waals surface area contributed by atoms with Gasteiger partial charge in [-0.1, -0.05) is 49.8 Å². The van der Waals surface area contributed by atoms with Gasteiger partial charge in [0.25, 0.3) is 0 Å². The largest absolute Gasteiger partial charge is 0.257 e. The quantitative estimate of drug-likeness (QED) is 0.358. The number of hydrogen-bond donors (Lipinski definition) is 0. The molecule has 19 heavy (non-hydrogen) atoms. The first-order valence-electron chi connectivity index (χ1n) is 7.02. The second-order valence-corrected chi connectivity index (χ2v) is 4.76. The van der Waals surface area contributed by atoms with Crippen LogP contribution in [0, 0.1) is 19.3 Å². The normalized spacial score (nSPS) is 11.7. The number of nitrogens with zero attached hydrogens (tertiary/aromatic N) is 1. The minimum Gasteiger partial charge on any atom is -0.257 e. The van der Waals surface area contributed by atoms with Crippen LogP contribution in [0.25, 0.3) is 0 Å². The highest BCUT2D eigenvalue weighted by Crippen LogP contribution is 2.12. The second-order valence-electron chi connectivity index (χ2n) is 4.76. The number of allylic oxidation sites excluding steroid dienone is 2. The summed E-state index contributed by atoms with van der Waals surface area (Å²) in [5.74, 6) is 2.74. The highest BCUT2D eigenvalue weighted by atomic mass is 14.7. The van der Waals surface area contributed by atoms with Gasteiger partial charge in [-0.05, 0) is 38.0 Å². The predicted octanol–water partition coefficient (Wildman–Crippen LogP) is 5.23. The summed E-state index contributed by atoms with van der Waals surface area (Å²) in [6.07, 6.45) is 15.2. The molecule has 0 amide bonds. The Bertz CT molecular complexity index is 457. The van der Waals surface area contributed by atoms with Crippen molar-refractivity contribution in [1.82, 2.24) is 0 Å². The molecule has 0 aliphatic rings. The van der Waals surface area contributed by atoms with Crippen LogP contribution >= 0.6 is 0 Å². The first-order valence-corrected chi connectivity index (χ1v) is 7.02. The van der Waals surface area contributed by atoms with E-state index in [2.05, 4.69) is 36.9 Å². The van der Waals surface area contributed by atoms with Crippen molar-refractivity contribution in [2.75, 3.05) is 0 Å². The van der Waals surface area contributed by atoms with Crippen LogP contribution in [0.4, 0.5) is 5.69 Å². The topological polar surface area (TPSA) is 12.4 Å². The predicted molar refractivity (Wildman–Crippen MR) is 85.0 cm³/mol. The monoisotopic (exact) mass is 253 g/mol. The summed E-state index contributed by atoms with van der Waals surface area (Å²) in [4.78, 5) is 4.38. The molecule has 0 spiro atoms. The summed E-state index contributed by atoms with van der Waals surface area (Å²) in [6.45, 7) is 4.28. The molecule has 0 N–H and O–H groups in total. The van der Waals surface area contributed by atoms with Gasteiger partial charge in [-0.3, -0.25) is 4.99 Å². The molecule has 1 heteroatoms. The molecule has 1 rings (SSSR count). The van der Waals surface area contributed by atoms with Crippen LogP contribution in [0.1, 0.15) is 44.6 Å². The van der Waals surface area contributed by atoms with Crippen LogP contribution in [0.5, 0.6) is 0 Å². The van der Waals surface area contributed by atoms with E-state index in [1.807, 2.05) is 18.2 Å². The van der Waals surface area contributed by atoms with Crippen LogP contribution in [-0.2, 0) is 0 Å². The van der Waals surface area contributed by atoms with Gasteiger partial charge in [0.05, 0.1) is 5.69 Å². The van der Waals surface area contributed by atoms with Gasteiger partial charge in [0.2, 0.25) is 0 Å². The van der Waals surface area contributed by atoms with E-state index in [0.29, 0.717) is 0 Å². The van der Waals surface area contributed by atoms with Crippen molar-refractivity contribution < 1.29 is 0 Å². The lowest BCUT2D eigenvalue weighted by Gasteiger charge is -1.98. The Morgan fingerprint density at radius 1 is 1.21 bits per heavy atom. The van der Waals surface area contributed by atoms with Crippen molar-refractivity contribution >= 4 is 11.9 Å². The molecule has 0 fully saturated rings. The van der Waals surface area contributed by atoms with Gasteiger partial charge in [-0.2, -0.15) is 0 Å². The molecule has 1 aromatic rings. The molecular formula is C18H23N. The average molecular weight is 253 g/mol. The fourth-order valence-electron chi connectivity index (χ4n) is 1.79. The summed E-state index contributed by atoms with van der Waals surface area (Å²) in [5.41, 5.74) is 3.24. The summed E-state index contributed by atoms with van der Waals surface area (Å²) < 4.78 is 0. The van der Waals surface area contributed by atoms with Gasteiger partial charge < -0.3 is 0 Å². The Hall–Kier alpha value is -1.81. The third-order valence-corrected chi connectivity index (χ3v) is 3.02. The van der Waals surface area contributed by atoms with E-state index >= 15 is 0 Å². The molecule has 0 saturated carbocycles. The van der Waals surface area contributed by atoms with Crippen LogP contribution in [0.3, 0.4) is 0 Å². The average Bonchev–Trinajstić information content (AvgIpc) is 2.43. The van der Waals surface area contributed by atoms with Crippen molar-refractivity contribution in [2.24, 2.45) is 4.99 Å². The molecule has 0 radical (unpaired) electrons. The maximum Gasteiger partial charge on any atom is 0.0629 e. The Morgan fingerprint density at radius 2 is 1.95 bits per heavy atom. The van der Waals surface area contributed by atoms with Crippen LogP contribution < -0.4 is 0 Å². The fourth-order valence-corrected chi connectivity index (χ4v) is 1.79. The first kappa shape index (κ1) is 15.2. The minimum atomic E-state index is 0.962. The number of unbranched alkanes of at least 4 members (excludes halogenated alkanes) is 3. The lowest BCUT2D eigenvalue weighted by molar-refractivity contribution is 0.669. The third-order valence-electron chi connectivity index (χ3n) is 3.02. The standard InChI is InChI=1S/C18H23N/c1-4-6-7-8-9-17(5-2)14-15-19-18-12-10-16(3)11-13-18/h2,10-15H,4,6-9H2,1,3H3/b17-14-,19-15?. The number of benzene rings is 1. The van der Waals surface area contributed by atoms with E-state index in [1.165, 1.54) is 31.2 Å². The molecule has 0 heterocycles. The van der Waals surface area contributed by atoms with Gasteiger partial charge in [0.1, 0.15) is 0 Å². The molecule has 1 nitrogen and oxygen atoms in total. The van der Waals surface area contributed by atoms with E-state index in [-0.39, 0.29) is 0 Å². The number of terminal acetylenes is 1. The third kappa shape index (κ3) is 6.62. The van der Waals surface area contributed by atoms with Gasteiger partial charge >= 0.3 is 0 Å². The Kier molecular flexibility index (Phi) is 7.35. The highest BCUT2D eigenvalue weighted by Gasteiger charge is 1.93. The SMILES string of the molecule is C#C/C(=C/C=Nc1ccc(C)cc1)CCCCCC. The van der Waals surface area contributed by atoms with Crippen molar-refractivity contribution in [3.05, 3.63) is 41.5 Å². The van der Waals surface area contributed by atoms with Crippen LogP contribution in [-0.4, -0.2) is 6.21 Å². The van der Waals surface area contributed by atoms with Crippen molar-refractivity contribution in [1.29, 1.82) is 0 Å². The fraction of sp³-hybridized carbons (Fsp3) is 0.389. The van der Waals surface area contributed by atoms with Gasteiger partial charge in [0, 0.05) is 11.8 Å². The van der Waals surface area contributed by atoms with Gasteiger partial charge in [-0.25, -0.2) is 0 Å². The number of rotatable bonds is 7. The van der Waals surface area contributed by atoms with Crippen LogP contribution in [0.2, 0.25) is 0 Å². The molecule has 0 aliphatic carbocycles.